The second-order valence-corrected chi connectivity index (χ2v) is 8.12. The minimum atomic E-state index is -1.01. The van der Waals surface area contributed by atoms with Crippen molar-refractivity contribution in [3.8, 4) is 0 Å². The summed E-state index contributed by atoms with van der Waals surface area (Å²) in [5, 5.41) is 15.4. The number of unbranched alkanes of at least 4 members (excludes halogenated alkanes) is 2. The Kier molecular flexibility index (Phi) is 10.1. The number of halogens is 1. The highest BCUT2D eigenvalue weighted by Gasteiger charge is 2.15. The van der Waals surface area contributed by atoms with Crippen LogP contribution in [0.5, 0.6) is 0 Å². The molecule has 0 unspecified atom stereocenters. The number of benzene rings is 2. The number of rotatable bonds is 11. The molecule has 0 spiro atoms. The van der Waals surface area contributed by atoms with Crippen LogP contribution < -0.4 is 15.5 Å². The Labute approximate surface area is 195 Å². The molecule has 0 saturated carbocycles. The maximum Gasteiger partial charge on any atom is 0.328 e. The lowest BCUT2D eigenvalue weighted by atomic mass is 10.0. The normalized spacial score (nSPS) is 11.2. The molecule has 2 amide bonds. The van der Waals surface area contributed by atoms with Gasteiger partial charge in [-0.05, 0) is 61.2 Å². The minimum absolute atomic E-state index is 0.392. The Morgan fingerprint density at radius 1 is 1.03 bits per heavy atom. The first kappa shape index (κ1) is 25.3. The summed E-state index contributed by atoms with van der Waals surface area (Å²) < 4.78 is 0. The second kappa shape index (κ2) is 12.8. The largest absolute Gasteiger partial charge is 0.478 e. The molecule has 2 rings (SSSR count). The van der Waals surface area contributed by atoms with E-state index in [1.807, 2.05) is 18.2 Å². The molecule has 2 aromatic carbocycles. The molecule has 0 aliphatic rings. The molecule has 172 valence electrons. The number of anilines is 3. The smallest absolute Gasteiger partial charge is 0.328 e. The molecular formula is C25H32ClN3O3. The molecule has 6 nitrogen and oxygen atoms in total. The number of amides is 2. The maximum atomic E-state index is 12.8. The predicted octanol–water partition coefficient (Wildman–Crippen LogP) is 6.88. The number of nitrogens with one attached hydrogen (secondary N) is 2. The van der Waals surface area contributed by atoms with Gasteiger partial charge in [0.05, 0.1) is 11.4 Å². The Balaban J connectivity index is 2.38. The number of carbonyl (C=O) groups is 2. The molecule has 0 radical (unpaired) electrons. The van der Waals surface area contributed by atoms with Crippen molar-refractivity contribution >= 4 is 46.2 Å². The molecule has 0 bridgehead atoms. The fourth-order valence-corrected chi connectivity index (χ4v) is 3.52. The molecule has 7 heteroatoms. The van der Waals surface area contributed by atoms with Crippen molar-refractivity contribution in [2.75, 3.05) is 28.6 Å². The summed E-state index contributed by atoms with van der Waals surface area (Å²) in [4.78, 5) is 26.2. The number of carboxylic acids is 1. The molecule has 0 aliphatic heterocycles. The summed E-state index contributed by atoms with van der Waals surface area (Å²) in [5.74, 6) is -1.01. The second-order valence-electron chi connectivity index (χ2n) is 7.68. The fraction of sp³-hybridized carbons (Fsp3) is 0.360. The molecule has 0 aliphatic carbocycles. The highest BCUT2D eigenvalue weighted by Crippen LogP contribution is 2.31. The van der Waals surface area contributed by atoms with Gasteiger partial charge >= 0.3 is 12.0 Å². The quantitative estimate of drug-likeness (QED) is 0.321. The van der Waals surface area contributed by atoms with Crippen LogP contribution in [0.3, 0.4) is 0 Å². The van der Waals surface area contributed by atoms with Gasteiger partial charge in [0.2, 0.25) is 0 Å². The van der Waals surface area contributed by atoms with Crippen LogP contribution in [-0.2, 0) is 4.79 Å². The van der Waals surface area contributed by atoms with E-state index in [0.29, 0.717) is 22.0 Å². The molecule has 0 atom stereocenters. The van der Waals surface area contributed by atoms with Crippen LogP contribution >= 0.6 is 11.6 Å². The number of hydrogen-bond donors (Lipinski definition) is 3. The highest BCUT2D eigenvalue weighted by atomic mass is 35.5. The summed E-state index contributed by atoms with van der Waals surface area (Å²) in [6.45, 7) is 7.80. The van der Waals surface area contributed by atoms with Gasteiger partial charge in [0.1, 0.15) is 0 Å². The van der Waals surface area contributed by atoms with E-state index < -0.39 is 12.0 Å². The third-order valence-corrected chi connectivity index (χ3v) is 5.26. The van der Waals surface area contributed by atoms with Gasteiger partial charge in [-0.1, -0.05) is 50.4 Å². The van der Waals surface area contributed by atoms with Crippen LogP contribution in [0.4, 0.5) is 21.9 Å². The van der Waals surface area contributed by atoms with Crippen molar-refractivity contribution in [3.63, 3.8) is 0 Å². The SMILES string of the molecule is CCCCN(CCCC)c1ccc(/C(C)=C/C(=O)O)cc1NC(=O)Nc1cccc(Cl)c1. The third kappa shape index (κ3) is 7.93. The first-order valence-electron chi connectivity index (χ1n) is 11.0. The van der Waals surface area contributed by atoms with Crippen molar-refractivity contribution in [3.05, 3.63) is 59.1 Å². The zero-order chi connectivity index (χ0) is 23.5. The lowest BCUT2D eigenvalue weighted by Crippen LogP contribution is -2.28. The van der Waals surface area contributed by atoms with E-state index in [9.17, 15) is 9.59 Å². The predicted molar refractivity (Wildman–Crippen MR) is 134 cm³/mol. The summed E-state index contributed by atoms with van der Waals surface area (Å²) in [5.41, 5.74) is 3.48. The third-order valence-electron chi connectivity index (χ3n) is 5.03. The van der Waals surface area contributed by atoms with Gasteiger partial charge in [-0.2, -0.15) is 0 Å². The van der Waals surface area contributed by atoms with Gasteiger partial charge in [-0.25, -0.2) is 9.59 Å². The Hall–Kier alpha value is -2.99. The van der Waals surface area contributed by atoms with Crippen LogP contribution in [0.15, 0.2) is 48.5 Å². The molecule has 0 heterocycles. The molecule has 0 saturated heterocycles. The van der Waals surface area contributed by atoms with Gasteiger partial charge < -0.3 is 20.6 Å². The van der Waals surface area contributed by atoms with Crippen molar-refractivity contribution in [2.24, 2.45) is 0 Å². The lowest BCUT2D eigenvalue weighted by Gasteiger charge is -2.28. The van der Waals surface area contributed by atoms with Gasteiger partial charge in [-0.15, -0.1) is 0 Å². The average molecular weight is 458 g/mol. The number of aliphatic carboxylic acids is 1. The summed E-state index contributed by atoms with van der Waals surface area (Å²) in [6.07, 6.45) is 5.38. The van der Waals surface area contributed by atoms with E-state index in [0.717, 1.165) is 56.1 Å². The van der Waals surface area contributed by atoms with E-state index in [1.54, 1.807) is 31.2 Å². The molecule has 2 aromatic rings. The Bertz CT molecular complexity index is 951. The fourth-order valence-electron chi connectivity index (χ4n) is 3.33. The van der Waals surface area contributed by atoms with Crippen LogP contribution in [0.25, 0.3) is 5.57 Å². The van der Waals surface area contributed by atoms with Crippen LogP contribution in [0, 0.1) is 0 Å². The summed E-state index contributed by atoms with van der Waals surface area (Å²) in [6, 6.07) is 12.2. The molecular weight excluding hydrogens is 426 g/mol. The first-order valence-corrected chi connectivity index (χ1v) is 11.4. The van der Waals surface area contributed by atoms with Gasteiger partial charge in [0.15, 0.2) is 0 Å². The zero-order valence-corrected chi connectivity index (χ0v) is 19.7. The van der Waals surface area contributed by atoms with Crippen molar-refractivity contribution in [2.45, 2.75) is 46.5 Å². The van der Waals surface area contributed by atoms with Gasteiger partial charge in [-0.3, -0.25) is 0 Å². The van der Waals surface area contributed by atoms with E-state index >= 15 is 0 Å². The highest BCUT2D eigenvalue weighted by molar-refractivity contribution is 6.30. The number of allylic oxidation sites excluding steroid dienone is 1. The van der Waals surface area contributed by atoms with E-state index in [4.69, 9.17) is 16.7 Å². The van der Waals surface area contributed by atoms with Crippen LogP contribution in [0.1, 0.15) is 52.0 Å². The first-order chi connectivity index (χ1) is 15.3. The molecule has 0 aromatic heterocycles. The summed E-state index contributed by atoms with van der Waals surface area (Å²) >= 11 is 6.02. The van der Waals surface area contributed by atoms with Crippen molar-refractivity contribution in [1.29, 1.82) is 0 Å². The van der Waals surface area contributed by atoms with E-state index in [2.05, 4.69) is 29.4 Å². The Morgan fingerprint density at radius 3 is 2.31 bits per heavy atom. The number of urea groups is 1. The summed E-state index contributed by atoms with van der Waals surface area (Å²) in [7, 11) is 0. The van der Waals surface area contributed by atoms with Crippen LogP contribution in [0.2, 0.25) is 5.02 Å². The minimum Gasteiger partial charge on any atom is -0.478 e. The maximum absolute atomic E-state index is 12.8. The average Bonchev–Trinajstić information content (AvgIpc) is 2.73. The molecule has 32 heavy (non-hydrogen) atoms. The number of carboxylic acid groups (broad SMARTS) is 1. The van der Waals surface area contributed by atoms with Crippen LogP contribution in [-0.4, -0.2) is 30.2 Å². The number of carbonyl (C=O) groups excluding carboxylic acids is 1. The number of nitrogens with zero attached hydrogens (tertiary/aromatic N) is 1. The molecule has 3 N–H and O–H groups in total. The van der Waals surface area contributed by atoms with E-state index in [-0.39, 0.29) is 0 Å². The topological polar surface area (TPSA) is 81.7 Å². The molecule has 0 fully saturated rings. The van der Waals surface area contributed by atoms with Gasteiger partial charge in [0.25, 0.3) is 0 Å². The van der Waals surface area contributed by atoms with Gasteiger partial charge in [0, 0.05) is 29.9 Å². The monoisotopic (exact) mass is 457 g/mol. The van der Waals surface area contributed by atoms with E-state index in [1.165, 1.54) is 0 Å². The van der Waals surface area contributed by atoms with Crippen molar-refractivity contribution in [1.82, 2.24) is 0 Å². The van der Waals surface area contributed by atoms with Crippen molar-refractivity contribution < 1.29 is 14.7 Å². The standard InChI is InChI=1S/C25H32ClN3O3/c1-4-6-13-29(14-7-5-2)23-12-11-19(18(3)15-24(30)31)16-22(23)28-25(32)27-21-10-8-9-20(26)17-21/h8-12,15-17H,4-7,13-14H2,1-3H3,(H,30,31)(H2,27,28,32)/b18-15+. The Morgan fingerprint density at radius 2 is 1.72 bits per heavy atom. The number of hydrogen-bond acceptors (Lipinski definition) is 3. The zero-order valence-electron chi connectivity index (χ0n) is 19.0. The lowest BCUT2D eigenvalue weighted by molar-refractivity contribution is -0.131.